The first-order chi connectivity index (χ1) is 11.8. The van der Waals surface area contributed by atoms with Crippen molar-refractivity contribution in [3.8, 4) is 5.75 Å². The molecule has 2 aromatic rings. The molecule has 0 saturated heterocycles. The lowest BCUT2D eigenvalue weighted by Gasteiger charge is -2.11. The average molecular weight is 343 g/mol. The molecule has 1 aromatic carbocycles. The van der Waals surface area contributed by atoms with Gasteiger partial charge >= 0.3 is 5.63 Å². The minimum absolute atomic E-state index is 0.245. The number of methoxy groups -OCH3 is 1. The Balaban J connectivity index is 2.26. The van der Waals surface area contributed by atoms with Gasteiger partial charge in [0.25, 0.3) is 0 Å². The van der Waals surface area contributed by atoms with E-state index in [4.69, 9.17) is 14.4 Å². The first-order valence-electron chi connectivity index (χ1n) is 7.71. The quantitative estimate of drug-likeness (QED) is 0.644. The Morgan fingerprint density at radius 1 is 1.24 bits per heavy atom. The number of nitrogens with one attached hydrogen (secondary N) is 1. The lowest BCUT2D eigenvalue weighted by molar-refractivity contribution is -0.991. The topological polar surface area (TPSA) is 87.2 Å². The third kappa shape index (κ3) is 4.45. The van der Waals surface area contributed by atoms with Gasteiger partial charge in [-0.25, -0.2) is 10.0 Å². The van der Waals surface area contributed by atoms with Gasteiger partial charge in [0.05, 0.1) is 12.7 Å². The van der Waals surface area contributed by atoms with Crippen LogP contribution in [0.2, 0.25) is 0 Å². The van der Waals surface area contributed by atoms with Crippen LogP contribution in [-0.4, -0.2) is 12.3 Å². The van der Waals surface area contributed by atoms with Crippen LogP contribution in [0.5, 0.6) is 5.75 Å². The van der Waals surface area contributed by atoms with Crippen LogP contribution < -0.4 is 15.6 Å². The fraction of sp³-hybridized carbons (Fsp3) is 0.211. The van der Waals surface area contributed by atoms with E-state index < -0.39 is 10.9 Å². The predicted molar refractivity (Wildman–Crippen MR) is 95.9 cm³/mol. The third-order valence-electron chi connectivity index (χ3n) is 3.81. The number of hydrogen-bond acceptors (Lipinski definition) is 5. The predicted octanol–water partition coefficient (Wildman–Crippen LogP) is 2.79. The van der Waals surface area contributed by atoms with E-state index in [-0.39, 0.29) is 5.69 Å². The maximum absolute atomic E-state index is 11.9. The monoisotopic (exact) mass is 343 g/mol. The summed E-state index contributed by atoms with van der Waals surface area (Å²) in [5.41, 5.74) is 2.83. The van der Waals surface area contributed by atoms with E-state index in [1.807, 2.05) is 26.0 Å². The molecule has 0 fully saturated rings. The van der Waals surface area contributed by atoms with Gasteiger partial charge in [0.2, 0.25) is 0 Å². The summed E-state index contributed by atoms with van der Waals surface area (Å²) in [6.45, 7) is 5.40. The van der Waals surface area contributed by atoms with Crippen molar-refractivity contribution in [3.63, 3.8) is 0 Å². The maximum atomic E-state index is 11.9. The molecule has 0 amide bonds. The molecule has 0 radical (unpaired) electrons. The van der Waals surface area contributed by atoms with Gasteiger partial charge in [-0.05, 0) is 44.5 Å². The molecule has 0 saturated carbocycles. The van der Waals surface area contributed by atoms with Gasteiger partial charge in [-0.3, -0.25) is 0 Å². The molecule has 0 aliphatic heterocycles. The molecule has 2 N–H and O–H groups in total. The van der Waals surface area contributed by atoms with Crippen LogP contribution in [0.1, 0.15) is 29.4 Å². The van der Waals surface area contributed by atoms with E-state index in [0.29, 0.717) is 17.1 Å². The number of hydrogen-bond donors (Lipinski definition) is 2. The van der Waals surface area contributed by atoms with Crippen molar-refractivity contribution in [1.29, 1.82) is 0 Å². The fourth-order valence-corrected chi connectivity index (χ4v) is 2.44. The van der Waals surface area contributed by atoms with Crippen molar-refractivity contribution in [3.05, 3.63) is 74.0 Å². The first kappa shape index (κ1) is 18.7. The average Bonchev–Trinajstić information content (AvgIpc) is 2.58. The lowest BCUT2D eigenvalue weighted by atomic mass is 10.1. The van der Waals surface area contributed by atoms with Gasteiger partial charge < -0.3 is 14.4 Å². The van der Waals surface area contributed by atoms with Gasteiger partial charge in [-0.15, -0.1) is 0 Å². The molecule has 1 aromatic heterocycles. The van der Waals surface area contributed by atoms with E-state index in [0.717, 1.165) is 16.7 Å². The zero-order valence-electron chi connectivity index (χ0n) is 14.6. The molecule has 0 aliphatic rings. The Hall–Kier alpha value is -2.67. The molecule has 25 heavy (non-hydrogen) atoms. The third-order valence-corrected chi connectivity index (χ3v) is 3.81. The molecule has 2 rings (SSSR count). The molecule has 1 unspecified atom stereocenters. The number of benzene rings is 1. The van der Waals surface area contributed by atoms with E-state index >= 15 is 0 Å². The van der Waals surface area contributed by atoms with Crippen LogP contribution in [0.25, 0.3) is 12.2 Å². The van der Waals surface area contributed by atoms with Crippen LogP contribution >= 0.6 is 0 Å². The number of rotatable bonds is 5. The summed E-state index contributed by atoms with van der Waals surface area (Å²) in [7, 11) is 1.52. The SMILES string of the molecule is COc1c(C)c(C=CC(C)=Cc2ccc([NH+]([O-])O)cc2)oc(=O)c1C. The van der Waals surface area contributed by atoms with Gasteiger partial charge in [-0.1, -0.05) is 17.7 Å². The Kier molecular flexibility index (Phi) is 5.93. The van der Waals surface area contributed by atoms with Crippen molar-refractivity contribution in [2.75, 3.05) is 7.11 Å². The molecule has 0 bridgehead atoms. The Labute approximate surface area is 145 Å². The molecule has 1 heterocycles. The second-order valence-corrected chi connectivity index (χ2v) is 5.69. The number of allylic oxidation sites excluding steroid dienone is 2. The smallest absolute Gasteiger partial charge is 0.342 e. The molecule has 0 aliphatic carbocycles. The van der Waals surface area contributed by atoms with Crippen LogP contribution in [0, 0.1) is 19.1 Å². The van der Waals surface area contributed by atoms with Crippen molar-refractivity contribution in [2.45, 2.75) is 20.8 Å². The van der Waals surface area contributed by atoms with Crippen LogP contribution in [0.4, 0.5) is 5.69 Å². The zero-order valence-corrected chi connectivity index (χ0v) is 14.6. The van der Waals surface area contributed by atoms with Crippen molar-refractivity contribution >= 4 is 17.8 Å². The van der Waals surface area contributed by atoms with Crippen molar-refractivity contribution < 1.29 is 19.6 Å². The zero-order chi connectivity index (χ0) is 18.6. The summed E-state index contributed by atoms with van der Waals surface area (Å²) in [6, 6.07) is 6.58. The number of ether oxygens (including phenoxy) is 1. The minimum Gasteiger partial charge on any atom is -0.595 e. The molecule has 132 valence electrons. The van der Waals surface area contributed by atoms with Crippen molar-refractivity contribution in [1.82, 2.24) is 0 Å². The molecular weight excluding hydrogens is 322 g/mol. The summed E-state index contributed by atoms with van der Waals surface area (Å²) < 4.78 is 10.6. The van der Waals surface area contributed by atoms with E-state index in [9.17, 15) is 10.0 Å². The largest absolute Gasteiger partial charge is 0.595 e. The highest BCUT2D eigenvalue weighted by Crippen LogP contribution is 2.24. The maximum Gasteiger partial charge on any atom is 0.342 e. The minimum atomic E-state index is -0.953. The highest BCUT2D eigenvalue weighted by atomic mass is 16.8. The Bertz CT molecular complexity index is 861. The van der Waals surface area contributed by atoms with Gasteiger partial charge in [0.1, 0.15) is 11.5 Å². The number of quaternary nitrogens is 1. The fourth-order valence-electron chi connectivity index (χ4n) is 2.44. The summed E-state index contributed by atoms with van der Waals surface area (Å²) in [5, 5.41) is 18.8. The molecule has 6 heteroatoms. The molecule has 0 spiro atoms. The summed E-state index contributed by atoms with van der Waals surface area (Å²) >= 11 is 0. The van der Waals surface area contributed by atoms with E-state index in [1.54, 1.807) is 37.3 Å². The highest BCUT2D eigenvalue weighted by Gasteiger charge is 2.12. The second-order valence-electron chi connectivity index (χ2n) is 5.69. The highest BCUT2D eigenvalue weighted by molar-refractivity contribution is 5.62. The summed E-state index contributed by atoms with van der Waals surface area (Å²) in [6.07, 6.45) is 5.45. The molecule has 6 nitrogen and oxygen atoms in total. The molecular formula is C19H21NO5. The van der Waals surface area contributed by atoms with E-state index in [2.05, 4.69) is 0 Å². The standard InChI is InChI=1S/C19H21NO5/c1-12(11-15-6-8-16(9-7-15)20(22)23)5-10-17-13(2)18(24-4)14(3)19(21)25-17/h5-11,20,22H,1-4H3. The van der Waals surface area contributed by atoms with Crippen LogP contribution in [-0.2, 0) is 0 Å². The first-order valence-corrected chi connectivity index (χ1v) is 7.71. The Morgan fingerprint density at radius 3 is 2.44 bits per heavy atom. The van der Waals surface area contributed by atoms with Gasteiger partial charge in [0.15, 0.2) is 5.69 Å². The lowest BCUT2D eigenvalue weighted by Crippen LogP contribution is -2.99. The summed E-state index contributed by atoms with van der Waals surface area (Å²) in [5.74, 6) is 0.975. The van der Waals surface area contributed by atoms with Crippen LogP contribution in [0.15, 0.2) is 45.1 Å². The summed E-state index contributed by atoms with van der Waals surface area (Å²) in [4.78, 5) is 11.9. The normalized spacial score (nSPS) is 13.3. The van der Waals surface area contributed by atoms with Crippen LogP contribution in [0.3, 0.4) is 0 Å². The van der Waals surface area contributed by atoms with E-state index in [1.165, 1.54) is 7.11 Å². The second kappa shape index (κ2) is 7.94. The van der Waals surface area contributed by atoms with Gasteiger partial charge in [0, 0.05) is 17.7 Å². The Morgan fingerprint density at radius 2 is 1.88 bits per heavy atom. The van der Waals surface area contributed by atoms with Gasteiger partial charge in [-0.2, -0.15) is 5.23 Å². The van der Waals surface area contributed by atoms with Crippen molar-refractivity contribution in [2.24, 2.45) is 0 Å². The molecule has 1 atom stereocenters.